The molecule has 2 aliphatic rings. The molecule has 0 atom stereocenters. The standard InChI is InChI=1S/C19H19FN4O2S/c1-14-18(15-5-7-16(20)8-6-15)27(25,26)22-19(14)24-12-10-23(11-13-24)17-4-2-3-9-21-17/h2-9H,10-13H2,1H3. The van der Waals surface area contributed by atoms with Gasteiger partial charge in [0.05, 0.1) is 0 Å². The number of aromatic nitrogens is 1. The Kier molecular flexibility index (Phi) is 4.43. The molecule has 0 N–H and O–H groups in total. The second-order valence-corrected chi connectivity index (χ2v) is 8.05. The second kappa shape index (κ2) is 6.77. The fraction of sp³-hybridized carbons (Fsp3) is 0.263. The smallest absolute Gasteiger partial charge is 0.285 e. The number of benzene rings is 1. The number of sulfonamides is 1. The van der Waals surface area contributed by atoms with Gasteiger partial charge in [0.1, 0.15) is 22.4 Å². The van der Waals surface area contributed by atoms with E-state index in [1.54, 1.807) is 13.1 Å². The first-order chi connectivity index (χ1) is 13.0. The van der Waals surface area contributed by atoms with Crippen molar-refractivity contribution in [2.24, 2.45) is 4.40 Å². The predicted octanol–water partition coefficient (Wildman–Crippen LogP) is 2.52. The van der Waals surface area contributed by atoms with Crippen molar-refractivity contribution < 1.29 is 12.8 Å². The summed E-state index contributed by atoms with van der Waals surface area (Å²) in [5.74, 6) is 0.992. The van der Waals surface area contributed by atoms with Crippen LogP contribution in [0.4, 0.5) is 10.2 Å². The molecule has 0 unspecified atom stereocenters. The van der Waals surface area contributed by atoms with Crippen LogP contribution >= 0.6 is 0 Å². The Morgan fingerprint density at radius 3 is 2.26 bits per heavy atom. The topological polar surface area (TPSA) is 65.9 Å². The van der Waals surface area contributed by atoms with Crippen molar-refractivity contribution in [3.63, 3.8) is 0 Å². The van der Waals surface area contributed by atoms with E-state index >= 15 is 0 Å². The summed E-state index contributed by atoms with van der Waals surface area (Å²) in [5.41, 5.74) is 1.06. The van der Waals surface area contributed by atoms with E-state index in [9.17, 15) is 12.8 Å². The summed E-state index contributed by atoms with van der Waals surface area (Å²) in [6.07, 6.45) is 1.76. The van der Waals surface area contributed by atoms with Crippen LogP contribution in [0.15, 0.2) is 58.6 Å². The van der Waals surface area contributed by atoms with Crippen molar-refractivity contribution in [2.45, 2.75) is 6.92 Å². The van der Waals surface area contributed by atoms with E-state index in [2.05, 4.69) is 14.3 Å². The van der Waals surface area contributed by atoms with Gasteiger partial charge in [-0.15, -0.1) is 4.40 Å². The molecule has 0 saturated carbocycles. The van der Waals surface area contributed by atoms with Gasteiger partial charge in [-0.3, -0.25) is 0 Å². The van der Waals surface area contributed by atoms with Gasteiger partial charge in [-0.05, 0) is 36.8 Å². The molecule has 0 radical (unpaired) electrons. The van der Waals surface area contributed by atoms with Gasteiger partial charge in [0.25, 0.3) is 10.0 Å². The Morgan fingerprint density at radius 2 is 1.63 bits per heavy atom. The summed E-state index contributed by atoms with van der Waals surface area (Å²) in [4.78, 5) is 8.68. The SMILES string of the molecule is CC1=C(c2ccc(F)cc2)S(=O)(=O)N=C1N1CCN(c2ccccn2)CC1. The molecule has 4 rings (SSSR count). The molecule has 2 aliphatic heterocycles. The molecule has 140 valence electrons. The molecular weight excluding hydrogens is 367 g/mol. The number of nitrogens with zero attached hydrogens (tertiary/aromatic N) is 4. The van der Waals surface area contributed by atoms with Gasteiger partial charge in [0.2, 0.25) is 0 Å². The molecule has 27 heavy (non-hydrogen) atoms. The fourth-order valence-corrected chi connectivity index (χ4v) is 4.96. The lowest BCUT2D eigenvalue weighted by atomic mass is 10.1. The van der Waals surface area contributed by atoms with Crippen molar-refractivity contribution in [2.75, 3.05) is 31.1 Å². The monoisotopic (exact) mass is 386 g/mol. The zero-order valence-corrected chi connectivity index (χ0v) is 15.7. The predicted molar refractivity (Wildman–Crippen MR) is 103 cm³/mol. The van der Waals surface area contributed by atoms with E-state index in [0.29, 0.717) is 30.1 Å². The zero-order chi connectivity index (χ0) is 19.0. The molecule has 8 heteroatoms. The summed E-state index contributed by atoms with van der Waals surface area (Å²) in [6, 6.07) is 11.3. The first kappa shape index (κ1) is 17.7. The normalized spacial score (nSPS) is 19.4. The molecule has 1 saturated heterocycles. The van der Waals surface area contributed by atoms with Crippen LogP contribution in [0.1, 0.15) is 12.5 Å². The first-order valence-electron chi connectivity index (χ1n) is 8.69. The minimum Gasteiger partial charge on any atom is -0.353 e. The molecule has 1 aromatic carbocycles. The zero-order valence-electron chi connectivity index (χ0n) is 14.8. The summed E-state index contributed by atoms with van der Waals surface area (Å²) in [7, 11) is -3.79. The van der Waals surface area contributed by atoms with E-state index in [-0.39, 0.29) is 4.91 Å². The highest BCUT2D eigenvalue weighted by atomic mass is 32.2. The maximum absolute atomic E-state index is 13.2. The lowest BCUT2D eigenvalue weighted by Gasteiger charge is -2.36. The summed E-state index contributed by atoms with van der Waals surface area (Å²) < 4.78 is 42.4. The second-order valence-electron chi connectivity index (χ2n) is 6.51. The maximum atomic E-state index is 13.2. The lowest BCUT2D eigenvalue weighted by Crippen LogP contribution is -2.49. The van der Waals surface area contributed by atoms with Crippen LogP contribution in [0, 0.1) is 5.82 Å². The fourth-order valence-electron chi connectivity index (χ4n) is 3.47. The van der Waals surface area contributed by atoms with Gasteiger partial charge in [-0.1, -0.05) is 18.2 Å². The van der Waals surface area contributed by atoms with Crippen LogP contribution in [0.25, 0.3) is 4.91 Å². The third kappa shape index (κ3) is 3.32. The molecule has 1 aromatic heterocycles. The average molecular weight is 386 g/mol. The van der Waals surface area contributed by atoms with Crippen LogP contribution in [0.2, 0.25) is 0 Å². The van der Waals surface area contributed by atoms with Gasteiger partial charge in [-0.2, -0.15) is 8.42 Å². The lowest BCUT2D eigenvalue weighted by molar-refractivity contribution is 0.385. The van der Waals surface area contributed by atoms with E-state index < -0.39 is 15.8 Å². The van der Waals surface area contributed by atoms with Gasteiger partial charge in [0.15, 0.2) is 0 Å². The van der Waals surface area contributed by atoms with Crippen LogP contribution < -0.4 is 4.90 Å². The highest BCUT2D eigenvalue weighted by molar-refractivity contribution is 8.00. The Hall–Kier alpha value is -2.74. The highest BCUT2D eigenvalue weighted by Gasteiger charge is 2.34. The number of halogens is 1. The Balaban J connectivity index is 1.57. The van der Waals surface area contributed by atoms with Crippen LogP contribution in [-0.4, -0.2) is 50.3 Å². The van der Waals surface area contributed by atoms with Gasteiger partial charge in [-0.25, -0.2) is 9.37 Å². The first-order valence-corrected chi connectivity index (χ1v) is 10.1. The van der Waals surface area contributed by atoms with Crippen molar-refractivity contribution in [1.29, 1.82) is 0 Å². The summed E-state index contributed by atoms with van der Waals surface area (Å²) >= 11 is 0. The van der Waals surface area contributed by atoms with E-state index in [4.69, 9.17) is 0 Å². The third-order valence-electron chi connectivity index (χ3n) is 4.80. The molecule has 0 spiro atoms. The molecule has 1 fully saturated rings. The molecule has 3 heterocycles. The molecular formula is C19H19FN4O2S. The molecule has 2 aromatic rings. The van der Waals surface area contributed by atoms with Crippen molar-refractivity contribution >= 4 is 26.6 Å². The molecule has 0 amide bonds. The Bertz CT molecular complexity index is 1010. The van der Waals surface area contributed by atoms with Gasteiger partial charge < -0.3 is 9.80 Å². The maximum Gasteiger partial charge on any atom is 0.285 e. The number of pyridine rings is 1. The average Bonchev–Trinajstić information content (AvgIpc) is 2.92. The van der Waals surface area contributed by atoms with Crippen molar-refractivity contribution in [3.8, 4) is 0 Å². The number of anilines is 1. The van der Waals surface area contributed by atoms with Gasteiger partial charge >= 0.3 is 0 Å². The number of rotatable bonds is 2. The third-order valence-corrected chi connectivity index (χ3v) is 6.27. The Morgan fingerprint density at radius 1 is 0.963 bits per heavy atom. The molecule has 6 nitrogen and oxygen atoms in total. The highest BCUT2D eigenvalue weighted by Crippen LogP contribution is 2.34. The summed E-state index contributed by atoms with van der Waals surface area (Å²) in [6.45, 7) is 4.52. The van der Waals surface area contributed by atoms with Crippen LogP contribution in [-0.2, 0) is 10.0 Å². The van der Waals surface area contributed by atoms with Crippen LogP contribution in [0.5, 0.6) is 0 Å². The number of hydrogen-bond donors (Lipinski definition) is 0. The quantitative estimate of drug-likeness (QED) is 0.794. The number of hydrogen-bond acceptors (Lipinski definition) is 5. The van der Waals surface area contributed by atoms with E-state index in [1.165, 1.54) is 24.3 Å². The van der Waals surface area contributed by atoms with Crippen molar-refractivity contribution in [3.05, 3.63) is 65.6 Å². The van der Waals surface area contributed by atoms with Crippen molar-refractivity contribution in [1.82, 2.24) is 9.88 Å². The van der Waals surface area contributed by atoms with Gasteiger partial charge in [0, 0.05) is 37.9 Å². The van der Waals surface area contributed by atoms with E-state index in [1.807, 2.05) is 23.1 Å². The Labute approximate surface area is 157 Å². The molecule has 0 aliphatic carbocycles. The minimum atomic E-state index is -3.79. The summed E-state index contributed by atoms with van der Waals surface area (Å²) in [5, 5.41) is 0. The van der Waals surface area contributed by atoms with Crippen LogP contribution in [0.3, 0.4) is 0 Å². The largest absolute Gasteiger partial charge is 0.353 e. The number of piperazine rings is 1. The number of amidine groups is 1. The van der Waals surface area contributed by atoms with E-state index in [0.717, 1.165) is 18.9 Å². The minimum absolute atomic E-state index is 0.157. The molecule has 0 bridgehead atoms.